The van der Waals surface area contributed by atoms with Crippen LogP contribution in [0, 0.1) is 5.92 Å². The lowest BCUT2D eigenvalue weighted by Crippen LogP contribution is -2.25. The van der Waals surface area contributed by atoms with Crippen LogP contribution >= 0.6 is 11.3 Å². The first-order valence-corrected chi connectivity index (χ1v) is 8.29. The van der Waals surface area contributed by atoms with E-state index in [1.807, 2.05) is 0 Å². The number of rotatable bonds is 7. The SMILES string of the molecule is CCCNc1nc(NC(CC)C(C)C)c2ccsc2n1. The molecule has 0 aliphatic rings. The molecule has 2 rings (SSSR count). The monoisotopic (exact) mass is 292 g/mol. The second-order valence-corrected chi connectivity index (χ2v) is 6.26. The highest BCUT2D eigenvalue weighted by atomic mass is 32.1. The highest BCUT2D eigenvalue weighted by Crippen LogP contribution is 2.28. The average molecular weight is 292 g/mol. The molecule has 0 radical (unpaired) electrons. The fourth-order valence-electron chi connectivity index (χ4n) is 2.20. The van der Waals surface area contributed by atoms with Crippen molar-refractivity contribution in [3.63, 3.8) is 0 Å². The third kappa shape index (κ3) is 3.39. The molecule has 0 aliphatic carbocycles. The van der Waals surface area contributed by atoms with Crippen LogP contribution in [0.15, 0.2) is 11.4 Å². The van der Waals surface area contributed by atoms with Crippen LogP contribution < -0.4 is 10.6 Å². The van der Waals surface area contributed by atoms with Gasteiger partial charge in [0.25, 0.3) is 0 Å². The quantitative estimate of drug-likeness (QED) is 0.796. The molecule has 1 unspecified atom stereocenters. The largest absolute Gasteiger partial charge is 0.366 e. The van der Waals surface area contributed by atoms with Gasteiger partial charge in [-0.05, 0) is 30.2 Å². The number of hydrogen-bond acceptors (Lipinski definition) is 5. The Bertz CT molecular complexity index is 550. The molecule has 0 saturated carbocycles. The predicted molar refractivity (Wildman–Crippen MR) is 88.7 cm³/mol. The maximum Gasteiger partial charge on any atom is 0.226 e. The van der Waals surface area contributed by atoms with Crippen LogP contribution in [0.5, 0.6) is 0 Å². The Morgan fingerprint density at radius 3 is 2.70 bits per heavy atom. The summed E-state index contributed by atoms with van der Waals surface area (Å²) in [5.41, 5.74) is 0. The first-order valence-electron chi connectivity index (χ1n) is 7.41. The standard InChI is InChI=1S/C15H24N4S/c1-5-8-16-15-18-13(17-12(6-2)10(3)4)11-7-9-20-14(11)19-15/h7,9-10,12H,5-6,8H2,1-4H3,(H2,16,17,18,19). The topological polar surface area (TPSA) is 49.8 Å². The van der Waals surface area contributed by atoms with Crippen molar-refractivity contribution >= 4 is 33.3 Å². The minimum Gasteiger partial charge on any atom is -0.366 e. The summed E-state index contributed by atoms with van der Waals surface area (Å²) in [4.78, 5) is 10.3. The van der Waals surface area contributed by atoms with Crippen LogP contribution in [-0.2, 0) is 0 Å². The lowest BCUT2D eigenvalue weighted by molar-refractivity contribution is 0.510. The number of fused-ring (bicyclic) bond motifs is 1. The van der Waals surface area contributed by atoms with Gasteiger partial charge < -0.3 is 10.6 Å². The molecule has 2 aromatic rings. The minimum atomic E-state index is 0.437. The molecule has 5 heteroatoms. The predicted octanol–water partition coefficient (Wildman–Crippen LogP) is 4.36. The Labute approximate surface area is 125 Å². The summed E-state index contributed by atoms with van der Waals surface area (Å²) in [5, 5.41) is 10.1. The summed E-state index contributed by atoms with van der Waals surface area (Å²) in [6, 6.07) is 2.53. The summed E-state index contributed by atoms with van der Waals surface area (Å²) in [6.07, 6.45) is 2.16. The molecule has 1 atom stereocenters. The normalized spacial score (nSPS) is 12.8. The van der Waals surface area contributed by atoms with Crippen molar-refractivity contribution in [3.8, 4) is 0 Å². The Kier molecular flexibility index (Phi) is 5.17. The number of aromatic nitrogens is 2. The number of thiophene rings is 1. The molecular formula is C15H24N4S. The Balaban J connectivity index is 2.31. The zero-order valence-electron chi connectivity index (χ0n) is 12.7. The van der Waals surface area contributed by atoms with Crippen molar-refractivity contribution < 1.29 is 0 Å². The second-order valence-electron chi connectivity index (χ2n) is 5.37. The van der Waals surface area contributed by atoms with Crippen LogP contribution in [0.3, 0.4) is 0 Å². The average Bonchev–Trinajstić information content (AvgIpc) is 2.90. The smallest absolute Gasteiger partial charge is 0.226 e. The van der Waals surface area contributed by atoms with Crippen LogP contribution in [0.25, 0.3) is 10.2 Å². The van der Waals surface area contributed by atoms with Crippen molar-refractivity contribution in [2.45, 2.75) is 46.6 Å². The van der Waals surface area contributed by atoms with E-state index >= 15 is 0 Å². The van der Waals surface area contributed by atoms with Gasteiger partial charge in [0, 0.05) is 12.6 Å². The lowest BCUT2D eigenvalue weighted by atomic mass is 10.0. The van der Waals surface area contributed by atoms with Crippen LogP contribution in [0.1, 0.15) is 40.5 Å². The Hall–Kier alpha value is -1.36. The molecule has 0 spiro atoms. The molecule has 2 heterocycles. The van der Waals surface area contributed by atoms with E-state index in [4.69, 9.17) is 0 Å². The van der Waals surface area contributed by atoms with Crippen LogP contribution in [0.4, 0.5) is 11.8 Å². The lowest BCUT2D eigenvalue weighted by Gasteiger charge is -2.22. The van der Waals surface area contributed by atoms with E-state index in [0.717, 1.165) is 41.4 Å². The molecule has 2 N–H and O–H groups in total. The van der Waals surface area contributed by atoms with E-state index in [0.29, 0.717) is 12.0 Å². The van der Waals surface area contributed by atoms with E-state index in [2.05, 4.69) is 59.7 Å². The molecule has 2 aromatic heterocycles. The van der Waals surface area contributed by atoms with Gasteiger partial charge in [0.2, 0.25) is 5.95 Å². The Morgan fingerprint density at radius 1 is 1.25 bits per heavy atom. The third-order valence-corrected chi connectivity index (χ3v) is 4.23. The molecule has 0 saturated heterocycles. The van der Waals surface area contributed by atoms with Gasteiger partial charge in [-0.3, -0.25) is 0 Å². The molecule has 20 heavy (non-hydrogen) atoms. The molecule has 0 fully saturated rings. The number of nitrogens with zero attached hydrogens (tertiary/aromatic N) is 2. The Morgan fingerprint density at radius 2 is 2.05 bits per heavy atom. The molecule has 0 amide bonds. The highest BCUT2D eigenvalue weighted by molar-refractivity contribution is 7.16. The van der Waals surface area contributed by atoms with Gasteiger partial charge in [-0.2, -0.15) is 4.98 Å². The first kappa shape index (κ1) is 15.0. The molecule has 0 aliphatic heterocycles. The van der Waals surface area contributed by atoms with Crippen molar-refractivity contribution in [3.05, 3.63) is 11.4 Å². The molecular weight excluding hydrogens is 268 g/mol. The van der Waals surface area contributed by atoms with Gasteiger partial charge in [-0.1, -0.05) is 27.7 Å². The second kappa shape index (κ2) is 6.88. The maximum atomic E-state index is 4.65. The van der Waals surface area contributed by atoms with Crippen LogP contribution in [0.2, 0.25) is 0 Å². The zero-order valence-corrected chi connectivity index (χ0v) is 13.5. The van der Waals surface area contributed by atoms with Gasteiger partial charge in [-0.25, -0.2) is 4.98 Å². The third-order valence-electron chi connectivity index (χ3n) is 3.42. The minimum absolute atomic E-state index is 0.437. The summed E-state index contributed by atoms with van der Waals surface area (Å²) in [6.45, 7) is 9.73. The molecule has 4 nitrogen and oxygen atoms in total. The summed E-state index contributed by atoms with van der Waals surface area (Å²) >= 11 is 1.66. The van der Waals surface area contributed by atoms with E-state index in [1.54, 1.807) is 11.3 Å². The fraction of sp³-hybridized carbons (Fsp3) is 0.600. The maximum absolute atomic E-state index is 4.65. The molecule has 0 aromatic carbocycles. The van der Waals surface area contributed by atoms with Crippen molar-refractivity contribution in [1.82, 2.24) is 9.97 Å². The first-order chi connectivity index (χ1) is 9.65. The van der Waals surface area contributed by atoms with E-state index < -0.39 is 0 Å². The summed E-state index contributed by atoms with van der Waals surface area (Å²) in [5.74, 6) is 2.26. The van der Waals surface area contributed by atoms with E-state index in [9.17, 15) is 0 Å². The number of hydrogen-bond donors (Lipinski definition) is 2. The summed E-state index contributed by atoms with van der Waals surface area (Å²) in [7, 11) is 0. The van der Waals surface area contributed by atoms with E-state index in [1.165, 1.54) is 0 Å². The van der Waals surface area contributed by atoms with Crippen molar-refractivity contribution in [1.29, 1.82) is 0 Å². The van der Waals surface area contributed by atoms with Crippen molar-refractivity contribution in [2.24, 2.45) is 5.92 Å². The fourth-order valence-corrected chi connectivity index (χ4v) is 2.96. The van der Waals surface area contributed by atoms with Gasteiger partial charge in [0.15, 0.2) is 0 Å². The van der Waals surface area contributed by atoms with E-state index in [-0.39, 0.29) is 0 Å². The van der Waals surface area contributed by atoms with Gasteiger partial charge in [0.05, 0.1) is 5.39 Å². The van der Waals surface area contributed by atoms with Crippen molar-refractivity contribution in [2.75, 3.05) is 17.2 Å². The highest BCUT2D eigenvalue weighted by Gasteiger charge is 2.15. The number of nitrogens with one attached hydrogen (secondary N) is 2. The number of anilines is 2. The van der Waals surface area contributed by atoms with Gasteiger partial charge >= 0.3 is 0 Å². The zero-order chi connectivity index (χ0) is 14.5. The molecule has 110 valence electrons. The summed E-state index contributed by atoms with van der Waals surface area (Å²) < 4.78 is 0. The van der Waals surface area contributed by atoms with Crippen LogP contribution in [-0.4, -0.2) is 22.6 Å². The van der Waals surface area contributed by atoms with Gasteiger partial charge in [0.1, 0.15) is 10.6 Å². The molecule has 0 bridgehead atoms. The van der Waals surface area contributed by atoms with Gasteiger partial charge in [-0.15, -0.1) is 11.3 Å².